The molecule has 0 atom stereocenters. The van der Waals surface area contributed by atoms with Gasteiger partial charge in [0.25, 0.3) is 0 Å². The standard InChI is InChI=1S/C10H9N3O/c14-10-4-2-1-3-9(10)12-6-8-5-11-7-13-8/h1-7,14H,(H,11,13). The Morgan fingerprint density at radius 2 is 2.21 bits per heavy atom. The number of aromatic amines is 1. The van der Waals surface area contributed by atoms with Crippen LogP contribution in [0, 0.1) is 0 Å². The third kappa shape index (κ3) is 1.80. The molecule has 0 fully saturated rings. The predicted octanol–water partition coefficient (Wildman–Crippen LogP) is 1.87. The Kier molecular flexibility index (Phi) is 2.27. The summed E-state index contributed by atoms with van der Waals surface area (Å²) in [5.74, 6) is 0.170. The molecule has 4 heteroatoms. The van der Waals surface area contributed by atoms with Gasteiger partial charge in [0, 0.05) is 0 Å². The molecule has 0 saturated heterocycles. The molecule has 0 spiro atoms. The van der Waals surface area contributed by atoms with Gasteiger partial charge in [-0.25, -0.2) is 4.98 Å². The van der Waals surface area contributed by atoms with Crippen LogP contribution in [0.3, 0.4) is 0 Å². The SMILES string of the molecule is Oc1ccccc1N=Cc1cnc[nH]1. The monoisotopic (exact) mass is 187 g/mol. The van der Waals surface area contributed by atoms with E-state index in [2.05, 4.69) is 15.0 Å². The molecule has 0 aliphatic rings. The average molecular weight is 187 g/mol. The summed E-state index contributed by atoms with van der Waals surface area (Å²) in [6, 6.07) is 6.91. The molecular formula is C10H9N3O. The number of phenols is 1. The lowest BCUT2D eigenvalue weighted by atomic mass is 10.3. The van der Waals surface area contributed by atoms with Gasteiger partial charge in [-0.3, -0.25) is 4.99 Å². The highest BCUT2D eigenvalue weighted by molar-refractivity contribution is 5.79. The normalized spacial score (nSPS) is 10.9. The topological polar surface area (TPSA) is 61.3 Å². The number of benzene rings is 1. The molecule has 0 radical (unpaired) electrons. The molecule has 0 amide bonds. The summed E-state index contributed by atoms with van der Waals surface area (Å²) in [5, 5.41) is 9.40. The maximum atomic E-state index is 9.40. The lowest BCUT2D eigenvalue weighted by Gasteiger charge is -1.95. The second kappa shape index (κ2) is 3.74. The first-order valence-corrected chi connectivity index (χ1v) is 4.17. The van der Waals surface area contributed by atoms with Gasteiger partial charge in [-0.15, -0.1) is 0 Å². The molecular weight excluding hydrogens is 178 g/mol. The van der Waals surface area contributed by atoms with E-state index in [1.165, 1.54) is 0 Å². The van der Waals surface area contributed by atoms with Gasteiger partial charge in [0.05, 0.1) is 24.4 Å². The van der Waals surface area contributed by atoms with Crippen molar-refractivity contribution in [2.24, 2.45) is 4.99 Å². The fraction of sp³-hybridized carbons (Fsp3) is 0. The number of phenolic OH excluding ortho intramolecular Hbond substituents is 1. The fourth-order valence-electron chi connectivity index (χ4n) is 1.05. The molecule has 70 valence electrons. The van der Waals surface area contributed by atoms with Crippen LogP contribution in [-0.2, 0) is 0 Å². The number of para-hydroxylation sites is 2. The second-order valence-electron chi connectivity index (χ2n) is 2.75. The Morgan fingerprint density at radius 1 is 1.36 bits per heavy atom. The summed E-state index contributed by atoms with van der Waals surface area (Å²) in [6.45, 7) is 0. The van der Waals surface area contributed by atoms with Crippen LogP contribution in [0.2, 0.25) is 0 Å². The van der Waals surface area contributed by atoms with Crippen molar-refractivity contribution in [2.45, 2.75) is 0 Å². The smallest absolute Gasteiger partial charge is 0.141 e. The van der Waals surface area contributed by atoms with Crippen molar-refractivity contribution in [1.82, 2.24) is 9.97 Å². The summed E-state index contributed by atoms with van der Waals surface area (Å²) < 4.78 is 0. The highest BCUT2D eigenvalue weighted by Crippen LogP contribution is 2.24. The van der Waals surface area contributed by atoms with E-state index >= 15 is 0 Å². The van der Waals surface area contributed by atoms with Crippen molar-refractivity contribution in [1.29, 1.82) is 0 Å². The van der Waals surface area contributed by atoms with Gasteiger partial charge < -0.3 is 10.1 Å². The third-order valence-corrected chi connectivity index (χ3v) is 1.74. The Morgan fingerprint density at radius 3 is 2.93 bits per heavy atom. The first kappa shape index (κ1) is 8.50. The van der Waals surface area contributed by atoms with Crippen LogP contribution in [0.15, 0.2) is 41.8 Å². The number of aromatic hydroxyl groups is 1. The number of hydrogen-bond donors (Lipinski definition) is 2. The van der Waals surface area contributed by atoms with Gasteiger partial charge in [-0.2, -0.15) is 0 Å². The van der Waals surface area contributed by atoms with Crippen molar-refractivity contribution < 1.29 is 5.11 Å². The van der Waals surface area contributed by atoms with E-state index in [9.17, 15) is 5.11 Å². The number of nitrogens with one attached hydrogen (secondary N) is 1. The van der Waals surface area contributed by atoms with Gasteiger partial charge >= 0.3 is 0 Å². The van der Waals surface area contributed by atoms with E-state index in [1.807, 2.05) is 6.07 Å². The Balaban J connectivity index is 2.23. The van der Waals surface area contributed by atoms with Gasteiger partial charge in [-0.05, 0) is 12.1 Å². The molecule has 1 aromatic carbocycles. The van der Waals surface area contributed by atoms with E-state index < -0.39 is 0 Å². The van der Waals surface area contributed by atoms with E-state index in [4.69, 9.17) is 0 Å². The molecule has 0 aliphatic heterocycles. The molecule has 0 unspecified atom stereocenters. The molecule has 2 aromatic rings. The first-order chi connectivity index (χ1) is 6.86. The average Bonchev–Trinajstić information content (AvgIpc) is 2.69. The van der Waals surface area contributed by atoms with Crippen LogP contribution in [-0.4, -0.2) is 21.3 Å². The third-order valence-electron chi connectivity index (χ3n) is 1.74. The van der Waals surface area contributed by atoms with Crippen LogP contribution in [0.25, 0.3) is 0 Å². The highest BCUT2D eigenvalue weighted by atomic mass is 16.3. The number of rotatable bonds is 2. The Labute approximate surface area is 81.0 Å². The quantitative estimate of drug-likeness (QED) is 0.705. The maximum absolute atomic E-state index is 9.40. The Hall–Kier alpha value is -2.10. The molecule has 4 nitrogen and oxygen atoms in total. The van der Waals surface area contributed by atoms with Crippen molar-refractivity contribution in [2.75, 3.05) is 0 Å². The molecule has 2 N–H and O–H groups in total. The number of nitrogens with zero attached hydrogens (tertiary/aromatic N) is 2. The lowest BCUT2D eigenvalue weighted by Crippen LogP contribution is -1.78. The number of aromatic nitrogens is 2. The van der Waals surface area contributed by atoms with Crippen molar-refractivity contribution >= 4 is 11.9 Å². The van der Waals surface area contributed by atoms with Gasteiger partial charge in [0.15, 0.2) is 0 Å². The zero-order valence-electron chi connectivity index (χ0n) is 7.38. The van der Waals surface area contributed by atoms with Crippen LogP contribution in [0.4, 0.5) is 5.69 Å². The minimum absolute atomic E-state index is 0.170. The van der Waals surface area contributed by atoms with Crippen LogP contribution in [0.5, 0.6) is 5.75 Å². The van der Waals surface area contributed by atoms with Gasteiger partial charge in [0.2, 0.25) is 0 Å². The van der Waals surface area contributed by atoms with Crippen LogP contribution >= 0.6 is 0 Å². The van der Waals surface area contributed by atoms with Crippen molar-refractivity contribution in [3.63, 3.8) is 0 Å². The molecule has 0 aliphatic carbocycles. The predicted molar refractivity (Wildman–Crippen MR) is 53.9 cm³/mol. The molecule has 2 rings (SSSR count). The molecule has 0 bridgehead atoms. The lowest BCUT2D eigenvalue weighted by molar-refractivity contribution is 0.477. The number of hydrogen-bond acceptors (Lipinski definition) is 3. The van der Waals surface area contributed by atoms with Crippen molar-refractivity contribution in [3.05, 3.63) is 42.5 Å². The highest BCUT2D eigenvalue weighted by Gasteiger charge is 1.95. The molecule has 1 aromatic heterocycles. The molecule has 1 heterocycles. The minimum atomic E-state index is 0.170. The largest absolute Gasteiger partial charge is 0.506 e. The van der Waals surface area contributed by atoms with E-state index in [0.29, 0.717) is 5.69 Å². The van der Waals surface area contributed by atoms with Gasteiger partial charge in [-0.1, -0.05) is 12.1 Å². The first-order valence-electron chi connectivity index (χ1n) is 4.17. The number of aliphatic imine (C=N–C) groups is 1. The minimum Gasteiger partial charge on any atom is -0.506 e. The fourth-order valence-corrected chi connectivity index (χ4v) is 1.05. The van der Waals surface area contributed by atoms with Crippen LogP contribution in [0.1, 0.15) is 5.69 Å². The summed E-state index contributed by atoms with van der Waals surface area (Å²) in [7, 11) is 0. The zero-order chi connectivity index (χ0) is 9.80. The summed E-state index contributed by atoms with van der Waals surface area (Å²) in [6.07, 6.45) is 4.84. The second-order valence-corrected chi connectivity index (χ2v) is 2.75. The van der Waals surface area contributed by atoms with E-state index in [1.54, 1.807) is 36.9 Å². The number of H-pyrrole nitrogens is 1. The van der Waals surface area contributed by atoms with Crippen molar-refractivity contribution in [3.8, 4) is 5.75 Å². The van der Waals surface area contributed by atoms with E-state index in [0.717, 1.165) is 5.69 Å². The Bertz CT molecular complexity index is 434. The van der Waals surface area contributed by atoms with Crippen LogP contribution < -0.4 is 0 Å². The van der Waals surface area contributed by atoms with E-state index in [-0.39, 0.29) is 5.75 Å². The maximum Gasteiger partial charge on any atom is 0.141 e. The summed E-state index contributed by atoms with van der Waals surface area (Å²) in [4.78, 5) is 10.8. The molecule has 14 heavy (non-hydrogen) atoms. The summed E-state index contributed by atoms with van der Waals surface area (Å²) in [5.41, 5.74) is 1.34. The number of imidazole rings is 1. The molecule has 0 saturated carbocycles. The summed E-state index contributed by atoms with van der Waals surface area (Å²) >= 11 is 0. The zero-order valence-corrected chi connectivity index (χ0v) is 7.38. The van der Waals surface area contributed by atoms with Gasteiger partial charge in [0.1, 0.15) is 11.4 Å².